The first-order valence-corrected chi connectivity index (χ1v) is 6.57. The number of hydrogen-bond acceptors (Lipinski definition) is 4. The van der Waals surface area contributed by atoms with Crippen LogP contribution >= 0.6 is 0 Å². The van der Waals surface area contributed by atoms with E-state index < -0.39 is 17.3 Å². The molecule has 0 atom stereocenters. The van der Waals surface area contributed by atoms with E-state index in [9.17, 15) is 14.0 Å². The van der Waals surface area contributed by atoms with Crippen LogP contribution in [0.2, 0.25) is 0 Å². The fourth-order valence-electron chi connectivity index (χ4n) is 2.07. The molecule has 6 nitrogen and oxygen atoms in total. The highest BCUT2D eigenvalue weighted by atomic mass is 19.1. The molecular formula is C16H9FN4O2. The monoisotopic (exact) mass is 308 g/mol. The van der Waals surface area contributed by atoms with Crippen LogP contribution in [-0.4, -0.2) is 15.3 Å². The van der Waals surface area contributed by atoms with Crippen molar-refractivity contribution in [3.8, 4) is 6.07 Å². The fraction of sp³-hybridized carbons (Fsp3) is 0. The largest absolute Gasteiger partial charge is 0.322 e. The van der Waals surface area contributed by atoms with Crippen LogP contribution in [0, 0.1) is 17.1 Å². The Kier molecular flexibility index (Phi) is 3.57. The molecule has 0 spiro atoms. The van der Waals surface area contributed by atoms with Gasteiger partial charge in [-0.25, -0.2) is 9.37 Å². The lowest BCUT2D eigenvalue weighted by atomic mass is 10.2. The summed E-state index contributed by atoms with van der Waals surface area (Å²) in [5.74, 6) is -1.37. The molecule has 3 aromatic rings. The van der Waals surface area contributed by atoms with Gasteiger partial charge in [0.15, 0.2) is 0 Å². The van der Waals surface area contributed by atoms with Gasteiger partial charge < -0.3 is 5.32 Å². The number of halogens is 1. The van der Waals surface area contributed by atoms with Gasteiger partial charge >= 0.3 is 0 Å². The predicted octanol–water partition coefficient (Wildman–Crippen LogP) is 1.96. The van der Waals surface area contributed by atoms with Crippen LogP contribution in [0.15, 0.2) is 53.6 Å². The normalized spacial score (nSPS) is 10.3. The highest BCUT2D eigenvalue weighted by Crippen LogP contribution is 2.14. The van der Waals surface area contributed by atoms with Gasteiger partial charge in [0.25, 0.3) is 11.5 Å². The van der Waals surface area contributed by atoms with E-state index in [1.165, 1.54) is 28.9 Å². The Balaban J connectivity index is 1.97. The van der Waals surface area contributed by atoms with Gasteiger partial charge in [-0.3, -0.25) is 14.0 Å². The van der Waals surface area contributed by atoms with Crippen molar-refractivity contribution >= 4 is 17.2 Å². The predicted molar refractivity (Wildman–Crippen MR) is 80.5 cm³/mol. The van der Waals surface area contributed by atoms with E-state index in [4.69, 9.17) is 5.26 Å². The van der Waals surface area contributed by atoms with E-state index in [0.717, 1.165) is 6.07 Å². The van der Waals surface area contributed by atoms with Gasteiger partial charge in [0.05, 0.1) is 5.56 Å². The van der Waals surface area contributed by atoms with Crippen molar-refractivity contribution in [3.05, 3.63) is 76.1 Å². The molecule has 7 heteroatoms. The molecule has 1 amide bonds. The Hall–Kier alpha value is -3.53. The lowest BCUT2D eigenvalue weighted by Gasteiger charge is -2.06. The minimum Gasteiger partial charge on any atom is -0.322 e. The third-order valence-electron chi connectivity index (χ3n) is 3.20. The maximum absolute atomic E-state index is 13.3. The first-order chi connectivity index (χ1) is 11.1. The lowest BCUT2D eigenvalue weighted by Crippen LogP contribution is -2.26. The van der Waals surface area contributed by atoms with Crippen LogP contribution in [0.25, 0.3) is 5.65 Å². The number of nitriles is 1. The number of rotatable bonds is 2. The van der Waals surface area contributed by atoms with Crippen molar-refractivity contribution in [1.82, 2.24) is 9.38 Å². The number of amides is 1. The molecule has 2 aromatic heterocycles. The van der Waals surface area contributed by atoms with Gasteiger partial charge in [0.2, 0.25) is 0 Å². The van der Waals surface area contributed by atoms with Crippen LogP contribution < -0.4 is 10.9 Å². The van der Waals surface area contributed by atoms with E-state index in [1.807, 2.05) is 0 Å². The quantitative estimate of drug-likeness (QED) is 0.784. The van der Waals surface area contributed by atoms with Crippen molar-refractivity contribution in [2.75, 3.05) is 5.32 Å². The highest BCUT2D eigenvalue weighted by Gasteiger charge is 2.14. The number of benzene rings is 1. The number of carbonyl (C=O) groups excluding carboxylic acids is 1. The molecule has 0 aliphatic rings. The van der Waals surface area contributed by atoms with Crippen LogP contribution in [0.3, 0.4) is 0 Å². The number of anilines is 1. The molecule has 112 valence electrons. The zero-order valence-electron chi connectivity index (χ0n) is 11.7. The SMILES string of the molecule is N#Cc1cc(NC(=O)c2cnc3ccccn3c2=O)ccc1F. The number of nitrogens with zero attached hydrogens (tertiary/aromatic N) is 3. The maximum Gasteiger partial charge on any atom is 0.270 e. The number of hydrogen-bond donors (Lipinski definition) is 1. The summed E-state index contributed by atoms with van der Waals surface area (Å²) in [7, 11) is 0. The molecule has 0 aliphatic carbocycles. The summed E-state index contributed by atoms with van der Waals surface area (Å²) in [6.45, 7) is 0. The van der Waals surface area contributed by atoms with Crippen molar-refractivity contribution < 1.29 is 9.18 Å². The van der Waals surface area contributed by atoms with E-state index in [-0.39, 0.29) is 16.8 Å². The Labute approximate surface area is 129 Å². The van der Waals surface area contributed by atoms with Crippen molar-refractivity contribution in [3.63, 3.8) is 0 Å². The van der Waals surface area contributed by atoms with Gasteiger partial charge in [-0.1, -0.05) is 6.07 Å². The number of carbonyl (C=O) groups is 1. The summed E-state index contributed by atoms with van der Waals surface area (Å²) in [5, 5.41) is 11.2. The number of nitrogens with one attached hydrogen (secondary N) is 1. The molecular weight excluding hydrogens is 299 g/mol. The Morgan fingerprint density at radius 1 is 1.30 bits per heavy atom. The van der Waals surface area contributed by atoms with Crippen LogP contribution in [-0.2, 0) is 0 Å². The molecule has 0 unspecified atom stereocenters. The Bertz CT molecular complexity index is 1020. The van der Waals surface area contributed by atoms with Gasteiger partial charge in [-0.05, 0) is 30.3 Å². The molecule has 1 N–H and O–H groups in total. The fourth-order valence-corrected chi connectivity index (χ4v) is 2.07. The van der Waals surface area contributed by atoms with Crippen molar-refractivity contribution in [2.24, 2.45) is 0 Å². The van der Waals surface area contributed by atoms with E-state index in [0.29, 0.717) is 5.65 Å². The average molecular weight is 308 g/mol. The smallest absolute Gasteiger partial charge is 0.270 e. The minimum atomic E-state index is -0.684. The zero-order valence-corrected chi connectivity index (χ0v) is 11.7. The minimum absolute atomic E-state index is 0.156. The summed E-state index contributed by atoms with van der Waals surface area (Å²) in [6, 6.07) is 10.3. The second-order valence-corrected chi connectivity index (χ2v) is 4.67. The van der Waals surface area contributed by atoms with E-state index in [2.05, 4.69) is 10.3 Å². The molecule has 1 aromatic carbocycles. The number of fused-ring (bicyclic) bond motifs is 1. The van der Waals surface area contributed by atoms with Crippen molar-refractivity contribution in [2.45, 2.75) is 0 Å². The third-order valence-corrected chi connectivity index (χ3v) is 3.20. The molecule has 2 heterocycles. The van der Waals surface area contributed by atoms with Gasteiger partial charge in [-0.2, -0.15) is 5.26 Å². The van der Waals surface area contributed by atoms with Crippen LogP contribution in [0.1, 0.15) is 15.9 Å². The highest BCUT2D eigenvalue weighted by molar-refractivity contribution is 6.04. The van der Waals surface area contributed by atoms with E-state index in [1.54, 1.807) is 24.3 Å². The maximum atomic E-state index is 13.3. The molecule has 23 heavy (non-hydrogen) atoms. The molecule has 0 aliphatic heterocycles. The van der Waals surface area contributed by atoms with Gasteiger partial charge in [0, 0.05) is 18.1 Å². The van der Waals surface area contributed by atoms with E-state index >= 15 is 0 Å². The zero-order chi connectivity index (χ0) is 16.4. The summed E-state index contributed by atoms with van der Waals surface area (Å²) < 4.78 is 14.5. The molecule has 0 fully saturated rings. The average Bonchev–Trinajstić information content (AvgIpc) is 2.57. The Morgan fingerprint density at radius 3 is 2.91 bits per heavy atom. The lowest BCUT2D eigenvalue weighted by molar-refractivity contribution is 0.102. The molecule has 0 radical (unpaired) electrons. The van der Waals surface area contributed by atoms with Gasteiger partial charge in [-0.15, -0.1) is 0 Å². The van der Waals surface area contributed by atoms with Crippen molar-refractivity contribution in [1.29, 1.82) is 5.26 Å². The van der Waals surface area contributed by atoms with Crippen LogP contribution in [0.4, 0.5) is 10.1 Å². The second kappa shape index (κ2) is 5.69. The van der Waals surface area contributed by atoms with Crippen LogP contribution in [0.5, 0.6) is 0 Å². The molecule has 0 saturated heterocycles. The topological polar surface area (TPSA) is 87.3 Å². The summed E-state index contributed by atoms with van der Waals surface area (Å²) in [4.78, 5) is 28.6. The molecule has 3 rings (SSSR count). The van der Waals surface area contributed by atoms with Gasteiger partial charge in [0.1, 0.15) is 23.1 Å². The number of pyridine rings is 1. The third kappa shape index (κ3) is 2.65. The second-order valence-electron chi connectivity index (χ2n) is 4.67. The first kappa shape index (κ1) is 14.4. The standard InChI is InChI=1S/C16H9FN4O2/c17-13-5-4-11(7-10(13)8-18)20-15(22)12-9-19-14-3-1-2-6-21(14)16(12)23/h1-7,9H,(H,20,22). The summed E-state index contributed by atoms with van der Waals surface area (Å²) in [6.07, 6.45) is 2.69. The molecule has 0 saturated carbocycles. The number of aromatic nitrogens is 2. The Morgan fingerprint density at radius 2 is 2.13 bits per heavy atom. The summed E-state index contributed by atoms with van der Waals surface area (Å²) in [5.41, 5.74) is -0.239. The first-order valence-electron chi connectivity index (χ1n) is 6.57. The summed E-state index contributed by atoms with van der Waals surface area (Å²) >= 11 is 0. The molecule has 0 bridgehead atoms.